The van der Waals surface area contributed by atoms with E-state index in [0.29, 0.717) is 13.2 Å². The van der Waals surface area contributed by atoms with Crippen molar-refractivity contribution in [2.75, 3.05) is 13.2 Å². The number of unbranched alkanes of at least 4 members (excludes halogenated alkanes) is 23. The second-order valence-electron chi connectivity index (χ2n) is 10.8. The first-order chi connectivity index (χ1) is 18.2. The lowest BCUT2D eigenvalue weighted by Crippen LogP contribution is -2.06. The Morgan fingerprint density at radius 1 is 0.378 bits per heavy atom. The molecule has 0 N–H and O–H groups in total. The zero-order chi connectivity index (χ0) is 27.1. The molecule has 0 aromatic rings. The molecule has 0 spiro atoms. The van der Waals surface area contributed by atoms with E-state index in [9.17, 15) is 9.59 Å². The SMILES string of the molecule is CCCCCCCCCCCCCCCOC(=O)/C=C/C(=O)OCCCCCCCCCCCCCC. The van der Waals surface area contributed by atoms with Crippen LogP contribution < -0.4 is 0 Å². The molecule has 0 aliphatic rings. The lowest BCUT2D eigenvalue weighted by molar-refractivity contribution is -0.140. The molecule has 0 heterocycles. The maximum atomic E-state index is 11.7. The Hall–Kier alpha value is -1.32. The Morgan fingerprint density at radius 2 is 0.595 bits per heavy atom. The number of hydrogen-bond donors (Lipinski definition) is 0. The highest BCUT2D eigenvalue weighted by molar-refractivity contribution is 5.91. The third kappa shape index (κ3) is 30.8. The van der Waals surface area contributed by atoms with Gasteiger partial charge in [-0.25, -0.2) is 9.59 Å². The summed E-state index contributed by atoms with van der Waals surface area (Å²) in [5, 5.41) is 0. The lowest BCUT2D eigenvalue weighted by Gasteiger charge is -2.04. The molecule has 0 saturated carbocycles. The van der Waals surface area contributed by atoms with Gasteiger partial charge in [-0.1, -0.05) is 162 Å². The van der Waals surface area contributed by atoms with Crippen LogP contribution in [-0.4, -0.2) is 25.2 Å². The molecule has 0 aliphatic carbocycles. The molecule has 0 atom stereocenters. The van der Waals surface area contributed by atoms with Gasteiger partial charge in [0, 0.05) is 12.2 Å². The molecule has 37 heavy (non-hydrogen) atoms. The largest absolute Gasteiger partial charge is 0.463 e. The second-order valence-corrected chi connectivity index (χ2v) is 10.8. The Balaban J connectivity index is 3.36. The van der Waals surface area contributed by atoms with Crippen LogP contribution in [0.4, 0.5) is 0 Å². The Labute approximate surface area is 230 Å². The average molecular weight is 523 g/mol. The molecule has 0 saturated heterocycles. The first-order valence-corrected chi connectivity index (χ1v) is 16.2. The van der Waals surface area contributed by atoms with Crippen molar-refractivity contribution in [2.24, 2.45) is 0 Å². The highest BCUT2D eigenvalue weighted by Crippen LogP contribution is 2.13. The van der Waals surface area contributed by atoms with E-state index in [1.165, 1.54) is 147 Å². The minimum Gasteiger partial charge on any atom is -0.463 e. The molecule has 0 aromatic heterocycles. The van der Waals surface area contributed by atoms with Crippen LogP contribution in [0, 0.1) is 0 Å². The average Bonchev–Trinajstić information content (AvgIpc) is 2.90. The van der Waals surface area contributed by atoms with Crippen molar-refractivity contribution in [3.05, 3.63) is 12.2 Å². The highest BCUT2D eigenvalue weighted by Gasteiger charge is 2.02. The lowest BCUT2D eigenvalue weighted by atomic mass is 10.0. The van der Waals surface area contributed by atoms with Crippen molar-refractivity contribution < 1.29 is 19.1 Å². The van der Waals surface area contributed by atoms with E-state index >= 15 is 0 Å². The van der Waals surface area contributed by atoms with Crippen molar-refractivity contribution in [3.63, 3.8) is 0 Å². The molecule has 0 aliphatic heterocycles. The summed E-state index contributed by atoms with van der Waals surface area (Å²) in [4.78, 5) is 23.5. The molecule has 0 bridgehead atoms. The monoisotopic (exact) mass is 522 g/mol. The number of carbonyl (C=O) groups excluding carboxylic acids is 2. The molecule has 0 fully saturated rings. The van der Waals surface area contributed by atoms with Crippen LogP contribution in [0.3, 0.4) is 0 Å². The minimum atomic E-state index is -0.457. The van der Waals surface area contributed by atoms with Crippen LogP contribution in [0.1, 0.15) is 174 Å². The molecular formula is C33H62O4. The molecular weight excluding hydrogens is 460 g/mol. The second kappa shape index (κ2) is 30.9. The summed E-state index contributed by atoms with van der Waals surface area (Å²) in [6, 6.07) is 0. The fraction of sp³-hybridized carbons (Fsp3) is 0.879. The fourth-order valence-corrected chi connectivity index (χ4v) is 4.64. The van der Waals surface area contributed by atoms with Crippen molar-refractivity contribution in [1.82, 2.24) is 0 Å². The predicted molar refractivity (Wildman–Crippen MR) is 158 cm³/mol. The standard InChI is InChI=1S/C33H62O4/c1-3-5-7-9-11-13-15-17-19-21-23-25-27-31-37-33(35)29-28-32(34)36-30-26-24-22-20-18-16-14-12-10-8-6-4-2/h28-29H,3-27,30-31H2,1-2H3/b29-28+. The Morgan fingerprint density at radius 3 is 0.838 bits per heavy atom. The molecule has 0 aromatic carbocycles. The zero-order valence-corrected chi connectivity index (χ0v) is 24.9. The van der Waals surface area contributed by atoms with Gasteiger partial charge in [-0.15, -0.1) is 0 Å². The zero-order valence-electron chi connectivity index (χ0n) is 24.9. The number of esters is 2. The quantitative estimate of drug-likeness (QED) is 0.0557. The summed E-state index contributed by atoms with van der Waals surface area (Å²) >= 11 is 0. The smallest absolute Gasteiger partial charge is 0.331 e. The first kappa shape index (κ1) is 35.7. The van der Waals surface area contributed by atoms with Gasteiger partial charge >= 0.3 is 11.9 Å². The van der Waals surface area contributed by atoms with Gasteiger partial charge in [-0.2, -0.15) is 0 Å². The minimum absolute atomic E-state index is 0.425. The van der Waals surface area contributed by atoms with Crippen LogP contribution in [-0.2, 0) is 19.1 Å². The molecule has 0 rings (SSSR count). The maximum absolute atomic E-state index is 11.7. The van der Waals surface area contributed by atoms with Gasteiger partial charge in [0.2, 0.25) is 0 Å². The van der Waals surface area contributed by atoms with Crippen molar-refractivity contribution >= 4 is 11.9 Å². The summed E-state index contributed by atoms with van der Waals surface area (Å²) in [7, 11) is 0. The van der Waals surface area contributed by atoms with Gasteiger partial charge in [0.05, 0.1) is 13.2 Å². The topological polar surface area (TPSA) is 52.6 Å². The molecule has 4 heteroatoms. The summed E-state index contributed by atoms with van der Waals surface area (Å²) in [5.41, 5.74) is 0. The van der Waals surface area contributed by atoms with Gasteiger partial charge in [0.25, 0.3) is 0 Å². The van der Waals surface area contributed by atoms with Crippen LogP contribution in [0.25, 0.3) is 0 Å². The first-order valence-electron chi connectivity index (χ1n) is 16.2. The van der Waals surface area contributed by atoms with E-state index in [0.717, 1.165) is 25.7 Å². The summed E-state index contributed by atoms with van der Waals surface area (Å²) in [6.45, 7) is 5.38. The third-order valence-corrected chi connectivity index (χ3v) is 7.09. The van der Waals surface area contributed by atoms with Gasteiger partial charge in [0.15, 0.2) is 0 Å². The molecule has 0 amide bonds. The summed E-state index contributed by atoms with van der Waals surface area (Å²) in [5.74, 6) is -0.915. The molecule has 0 unspecified atom stereocenters. The summed E-state index contributed by atoms with van der Waals surface area (Å²) < 4.78 is 10.4. The van der Waals surface area contributed by atoms with Gasteiger partial charge in [-0.3, -0.25) is 0 Å². The number of hydrogen-bond acceptors (Lipinski definition) is 4. The third-order valence-electron chi connectivity index (χ3n) is 7.09. The van der Waals surface area contributed by atoms with E-state index in [2.05, 4.69) is 13.8 Å². The van der Waals surface area contributed by atoms with Crippen LogP contribution in [0.5, 0.6) is 0 Å². The van der Waals surface area contributed by atoms with E-state index in [1.54, 1.807) is 0 Å². The van der Waals surface area contributed by atoms with E-state index in [-0.39, 0.29) is 0 Å². The molecule has 0 radical (unpaired) electrons. The van der Waals surface area contributed by atoms with Gasteiger partial charge in [0.1, 0.15) is 0 Å². The van der Waals surface area contributed by atoms with Gasteiger partial charge < -0.3 is 9.47 Å². The number of rotatable bonds is 29. The highest BCUT2D eigenvalue weighted by atomic mass is 16.5. The Kier molecular flexibility index (Phi) is 29.8. The predicted octanol–water partition coefficient (Wildman–Crippen LogP) is 10.4. The van der Waals surface area contributed by atoms with Crippen molar-refractivity contribution in [3.8, 4) is 0 Å². The van der Waals surface area contributed by atoms with E-state index < -0.39 is 11.9 Å². The van der Waals surface area contributed by atoms with Gasteiger partial charge in [-0.05, 0) is 12.8 Å². The van der Waals surface area contributed by atoms with E-state index in [4.69, 9.17) is 9.47 Å². The van der Waals surface area contributed by atoms with E-state index in [1.807, 2.05) is 0 Å². The van der Waals surface area contributed by atoms with Crippen LogP contribution in [0.15, 0.2) is 12.2 Å². The Bertz CT molecular complexity index is 514. The van der Waals surface area contributed by atoms with Crippen LogP contribution >= 0.6 is 0 Å². The summed E-state index contributed by atoms with van der Waals surface area (Å²) in [6.07, 6.45) is 34.5. The molecule has 218 valence electrons. The van der Waals surface area contributed by atoms with Crippen molar-refractivity contribution in [2.45, 2.75) is 174 Å². The molecule has 4 nitrogen and oxygen atoms in total. The number of carbonyl (C=O) groups is 2. The van der Waals surface area contributed by atoms with Crippen LogP contribution in [0.2, 0.25) is 0 Å². The van der Waals surface area contributed by atoms with Crippen molar-refractivity contribution in [1.29, 1.82) is 0 Å². The maximum Gasteiger partial charge on any atom is 0.331 e. The number of ether oxygens (including phenoxy) is 2. The normalized spacial score (nSPS) is 11.3. The fourth-order valence-electron chi connectivity index (χ4n) is 4.64.